The molecule has 8 nitrogen and oxygen atoms in total. The first-order valence-electron chi connectivity index (χ1n) is 10.9. The lowest BCUT2D eigenvalue weighted by atomic mass is 9.98. The number of rotatable bonds is 4. The van der Waals surface area contributed by atoms with Crippen LogP contribution in [0, 0.1) is 12.8 Å². The number of aryl methyl sites for hydroxylation is 1. The van der Waals surface area contributed by atoms with E-state index in [0.717, 1.165) is 48.3 Å². The fourth-order valence-electron chi connectivity index (χ4n) is 4.27. The highest BCUT2D eigenvalue weighted by molar-refractivity contribution is 5.91. The number of urea groups is 1. The number of nitrogens with zero attached hydrogens (tertiary/aromatic N) is 4. The molecule has 1 aromatic heterocycles. The summed E-state index contributed by atoms with van der Waals surface area (Å²) in [6, 6.07) is 5.19. The first-order valence-corrected chi connectivity index (χ1v) is 10.9. The van der Waals surface area contributed by atoms with E-state index in [1.54, 1.807) is 32.4 Å². The summed E-state index contributed by atoms with van der Waals surface area (Å²) in [6.07, 6.45) is 3.06. The molecule has 2 aliphatic rings. The smallest absolute Gasteiger partial charge is 0.322 e. The third-order valence-corrected chi connectivity index (χ3v) is 6.17. The maximum Gasteiger partial charge on any atom is 0.322 e. The Labute approximate surface area is 183 Å². The zero-order chi connectivity index (χ0) is 22.0. The van der Waals surface area contributed by atoms with E-state index in [9.17, 15) is 4.79 Å². The first kappa shape index (κ1) is 21.2. The molecular formula is C23H31N5O3. The zero-order valence-corrected chi connectivity index (χ0v) is 18.8. The van der Waals surface area contributed by atoms with Crippen LogP contribution in [0.1, 0.15) is 36.8 Å². The van der Waals surface area contributed by atoms with E-state index in [1.807, 2.05) is 11.8 Å². The number of hydrogen-bond donors (Lipinski definition) is 1. The number of piperidine rings is 1. The van der Waals surface area contributed by atoms with Gasteiger partial charge in [-0.15, -0.1) is 0 Å². The summed E-state index contributed by atoms with van der Waals surface area (Å²) in [5.74, 6) is 3.78. The second-order valence-corrected chi connectivity index (χ2v) is 8.36. The normalized spacial score (nSPS) is 16.6. The summed E-state index contributed by atoms with van der Waals surface area (Å²) in [6.45, 7) is 7.37. The van der Waals surface area contributed by atoms with Gasteiger partial charge < -0.3 is 24.6 Å². The van der Waals surface area contributed by atoms with Crippen molar-refractivity contribution >= 4 is 17.5 Å². The number of hydrogen-bond acceptors (Lipinski definition) is 6. The van der Waals surface area contributed by atoms with E-state index in [4.69, 9.17) is 14.5 Å². The standard InChI is InChI=1S/C23H31N5O3/c1-15-7-10-27(11-8-15)22-18-14-28(12-9-19(18)24-16(2)25-22)23(29)26-20-6-5-17(30-3)13-21(20)31-4/h5-6,13,15H,7-12,14H2,1-4H3,(H,26,29). The molecule has 3 heterocycles. The van der Waals surface area contributed by atoms with Gasteiger partial charge in [0.2, 0.25) is 0 Å². The molecule has 1 saturated heterocycles. The molecule has 0 saturated carbocycles. The second kappa shape index (κ2) is 8.99. The van der Waals surface area contributed by atoms with Crippen molar-refractivity contribution in [2.75, 3.05) is 44.1 Å². The number of fused-ring (bicyclic) bond motifs is 1. The highest BCUT2D eigenvalue weighted by Gasteiger charge is 2.29. The van der Waals surface area contributed by atoms with Gasteiger partial charge >= 0.3 is 6.03 Å². The predicted octanol–water partition coefficient (Wildman–Crippen LogP) is 3.63. The van der Waals surface area contributed by atoms with E-state index in [0.29, 0.717) is 30.3 Å². The van der Waals surface area contributed by atoms with Crippen LogP contribution in [-0.4, -0.2) is 54.8 Å². The molecule has 2 amide bonds. The maximum atomic E-state index is 13.1. The molecule has 1 N–H and O–H groups in total. The van der Waals surface area contributed by atoms with Gasteiger partial charge in [-0.05, 0) is 37.8 Å². The SMILES string of the molecule is COc1ccc(NC(=O)N2CCc3nc(C)nc(N4CCC(C)CC4)c3C2)c(OC)c1. The van der Waals surface area contributed by atoms with Gasteiger partial charge in [0.05, 0.1) is 32.1 Å². The number of ether oxygens (including phenoxy) is 2. The molecule has 0 radical (unpaired) electrons. The molecular weight excluding hydrogens is 394 g/mol. The average molecular weight is 426 g/mol. The quantitative estimate of drug-likeness (QED) is 0.806. The van der Waals surface area contributed by atoms with Crippen LogP contribution in [0.2, 0.25) is 0 Å². The van der Waals surface area contributed by atoms with Gasteiger partial charge in [-0.25, -0.2) is 14.8 Å². The van der Waals surface area contributed by atoms with Crippen LogP contribution < -0.4 is 19.7 Å². The molecule has 166 valence electrons. The van der Waals surface area contributed by atoms with Crippen molar-refractivity contribution in [1.29, 1.82) is 0 Å². The average Bonchev–Trinajstić information content (AvgIpc) is 2.79. The Morgan fingerprint density at radius 1 is 1.13 bits per heavy atom. The fraction of sp³-hybridized carbons (Fsp3) is 0.522. The fourth-order valence-corrected chi connectivity index (χ4v) is 4.27. The summed E-state index contributed by atoms with van der Waals surface area (Å²) in [5.41, 5.74) is 2.75. The molecule has 4 rings (SSSR count). The molecule has 0 unspecified atom stereocenters. The topological polar surface area (TPSA) is 79.8 Å². The number of amides is 2. The van der Waals surface area contributed by atoms with E-state index in [2.05, 4.69) is 22.1 Å². The van der Waals surface area contributed by atoms with Crippen molar-refractivity contribution in [1.82, 2.24) is 14.9 Å². The van der Waals surface area contributed by atoms with Crippen LogP contribution in [0.4, 0.5) is 16.3 Å². The summed E-state index contributed by atoms with van der Waals surface area (Å²) >= 11 is 0. The number of aromatic nitrogens is 2. The van der Waals surface area contributed by atoms with Gasteiger partial charge in [0.15, 0.2) is 0 Å². The number of methoxy groups -OCH3 is 2. The van der Waals surface area contributed by atoms with Crippen molar-refractivity contribution in [2.24, 2.45) is 5.92 Å². The Morgan fingerprint density at radius 3 is 2.61 bits per heavy atom. The van der Waals surface area contributed by atoms with Crippen molar-refractivity contribution in [3.05, 3.63) is 35.3 Å². The second-order valence-electron chi connectivity index (χ2n) is 8.36. The Morgan fingerprint density at radius 2 is 1.90 bits per heavy atom. The van der Waals surface area contributed by atoms with Gasteiger partial charge in [0.1, 0.15) is 23.1 Å². The third kappa shape index (κ3) is 4.52. The summed E-state index contributed by atoms with van der Waals surface area (Å²) < 4.78 is 10.7. The van der Waals surface area contributed by atoms with E-state index in [1.165, 1.54) is 12.8 Å². The van der Waals surface area contributed by atoms with Crippen molar-refractivity contribution in [3.8, 4) is 11.5 Å². The highest BCUT2D eigenvalue weighted by Crippen LogP contribution is 2.32. The summed E-state index contributed by atoms with van der Waals surface area (Å²) in [7, 11) is 3.18. The van der Waals surface area contributed by atoms with E-state index >= 15 is 0 Å². The maximum absolute atomic E-state index is 13.1. The Kier molecular flexibility index (Phi) is 6.15. The minimum Gasteiger partial charge on any atom is -0.497 e. The van der Waals surface area contributed by atoms with Crippen LogP contribution in [0.5, 0.6) is 11.5 Å². The van der Waals surface area contributed by atoms with Gasteiger partial charge in [0, 0.05) is 37.7 Å². The van der Waals surface area contributed by atoms with Crippen molar-refractivity contribution in [2.45, 2.75) is 39.7 Å². The number of carbonyl (C=O) groups excluding carboxylic acids is 1. The molecule has 2 aromatic rings. The number of benzene rings is 1. The minimum absolute atomic E-state index is 0.159. The Hall–Kier alpha value is -3.03. The number of anilines is 2. The van der Waals surface area contributed by atoms with Crippen LogP contribution in [0.3, 0.4) is 0 Å². The molecule has 1 fully saturated rings. The molecule has 1 aromatic carbocycles. The molecule has 0 bridgehead atoms. The molecule has 0 atom stereocenters. The molecule has 8 heteroatoms. The van der Waals surface area contributed by atoms with Crippen LogP contribution in [-0.2, 0) is 13.0 Å². The lowest BCUT2D eigenvalue weighted by Crippen LogP contribution is -2.41. The van der Waals surface area contributed by atoms with Crippen LogP contribution in [0.15, 0.2) is 18.2 Å². The molecule has 2 aliphatic heterocycles. The number of nitrogens with one attached hydrogen (secondary N) is 1. The lowest BCUT2D eigenvalue weighted by molar-refractivity contribution is 0.205. The first-order chi connectivity index (χ1) is 15.0. The van der Waals surface area contributed by atoms with E-state index < -0.39 is 0 Å². The predicted molar refractivity (Wildman–Crippen MR) is 120 cm³/mol. The van der Waals surface area contributed by atoms with Crippen molar-refractivity contribution in [3.63, 3.8) is 0 Å². The zero-order valence-electron chi connectivity index (χ0n) is 18.8. The molecule has 0 spiro atoms. The van der Waals surface area contributed by atoms with Gasteiger partial charge in [-0.2, -0.15) is 0 Å². The number of carbonyl (C=O) groups is 1. The summed E-state index contributed by atoms with van der Waals surface area (Å²) in [4.78, 5) is 26.7. The summed E-state index contributed by atoms with van der Waals surface area (Å²) in [5, 5.41) is 2.98. The van der Waals surface area contributed by atoms with Crippen LogP contribution >= 0.6 is 0 Å². The van der Waals surface area contributed by atoms with Gasteiger partial charge in [-0.3, -0.25) is 0 Å². The highest BCUT2D eigenvalue weighted by atomic mass is 16.5. The molecule has 0 aliphatic carbocycles. The van der Waals surface area contributed by atoms with Crippen molar-refractivity contribution < 1.29 is 14.3 Å². The van der Waals surface area contributed by atoms with Gasteiger partial charge in [-0.1, -0.05) is 6.92 Å². The monoisotopic (exact) mass is 425 g/mol. The molecule has 31 heavy (non-hydrogen) atoms. The minimum atomic E-state index is -0.159. The third-order valence-electron chi connectivity index (χ3n) is 6.17. The lowest BCUT2D eigenvalue weighted by Gasteiger charge is -2.36. The Balaban J connectivity index is 1.54. The van der Waals surface area contributed by atoms with Crippen LogP contribution in [0.25, 0.3) is 0 Å². The largest absolute Gasteiger partial charge is 0.497 e. The van der Waals surface area contributed by atoms with Gasteiger partial charge in [0.25, 0.3) is 0 Å². The van der Waals surface area contributed by atoms with E-state index in [-0.39, 0.29) is 6.03 Å². The Bertz CT molecular complexity index is 956.